The number of methoxy groups -OCH3 is 1. The molecule has 0 aromatic heterocycles. The predicted octanol–water partition coefficient (Wildman–Crippen LogP) is 4.85. The van der Waals surface area contributed by atoms with Crippen LogP contribution in [-0.2, 0) is 22.6 Å². The molecule has 2 amide bonds. The first kappa shape index (κ1) is 29.2. The van der Waals surface area contributed by atoms with E-state index in [-0.39, 0.29) is 42.2 Å². The second kappa shape index (κ2) is 14.5. The summed E-state index contributed by atoms with van der Waals surface area (Å²) in [6.45, 7) is 4.39. The minimum absolute atomic E-state index is 0.0268. The summed E-state index contributed by atoms with van der Waals surface area (Å²) in [5.41, 5.74) is 2.64. The molecular weight excluding hydrogens is 498 g/mol. The summed E-state index contributed by atoms with van der Waals surface area (Å²) in [6.07, 6.45) is 2.10. The Kier molecular flexibility index (Phi) is 10.9. The topological polar surface area (TPSA) is 111 Å². The molecule has 0 bridgehead atoms. The van der Waals surface area contributed by atoms with E-state index in [2.05, 4.69) is 5.32 Å². The van der Waals surface area contributed by atoms with Gasteiger partial charge in [-0.15, -0.1) is 0 Å². The molecule has 206 valence electrons. The lowest BCUT2D eigenvalue weighted by Crippen LogP contribution is -2.52. The van der Waals surface area contributed by atoms with E-state index >= 15 is 0 Å². The number of aryl methyl sites for hydroxylation is 1. The third-order valence-electron chi connectivity index (χ3n) is 6.41. The largest absolute Gasteiger partial charge is 0.490 e. The van der Waals surface area contributed by atoms with Gasteiger partial charge in [0.15, 0.2) is 6.61 Å². The number of carbonyl (C=O) groups is 2. The molecular formula is C30H35N3O6. The maximum Gasteiger partial charge on any atom is 0.311 e. The minimum Gasteiger partial charge on any atom is -0.490 e. The molecule has 0 aliphatic rings. The zero-order valence-electron chi connectivity index (χ0n) is 22.6. The third-order valence-corrected chi connectivity index (χ3v) is 6.41. The molecule has 3 aromatic rings. The van der Waals surface area contributed by atoms with Crippen LogP contribution < -0.4 is 14.8 Å². The number of nitrogens with one attached hydrogen (secondary N) is 1. The lowest BCUT2D eigenvalue weighted by Gasteiger charge is -2.32. The molecule has 0 saturated heterocycles. The first-order chi connectivity index (χ1) is 18.8. The number of hydrogen-bond acceptors (Lipinski definition) is 6. The summed E-state index contributed by atoms with van der Waals surface area (Å²) in [5, 5.41) is 14.2. The molecule has 0 saturated carbocycles. The predicted molar refractivity (Wildman–Crippen MR) is 149 cm³/mol. The van der Waals surface area contributed by atoms with Crippen molar-refractivity contribution in [3.8, 4) is 11.5 Å². The average molecular weight is 534 g/mol. The highest BCUT2D eigenvalue weighted by atomic mass is 16.6. The highest BCUT2D eigenvalue weighted by molar-refractivity contribution is 5.88. The van der Waals surface area contributed by atoms with Gasteiger partial charge in [-0.1, -0.05) is 67.9 Å². The van der Waals surface area contributed by atoms with Crippen molar-refractivity contribution < 1.29 is 24.0 Å². The van der Waals surface area contributed by atoms with E-state index in [0.29, 0.717) is 13.0 Å². The highest BCUT2D eigenvalue weighted by Gasteiger charge is 2.31. The smallest absolute Gasteiger partial charge is 0.311 e. The molecule has 3 aromatic carbocycles. The summed E-state index contributed by atoms with van der Waals surface area (Å²) < 4.78 is 10.9. The van der Waals surface area contributed by atoms with Crippen LogP contribution in [0.25, 0.3) is 0 Å². The molecule has 3 rings (SSSR count). The SMILES string of the molecule is CCCCNC(=O)[C@@H](Cc1ccccc1)N(Cc1ccccc1C)C(=O)COc1ccc([N+](=O)[O-])c(OC)c1. The molecule has 1 N–H and O–H groups in total. The Balaban J connectivity index is 1.91. The number of rotatable bonds is 14. The Bertz CT molecular complexity index is 1260. The lowest BCUT2D eigenvalue weighted by atomic mass is 10.0. The quantitative estimate of drug-likeness (QED) is 0.180. The molecule has 0 spiro atoms. The molecule has 0 aliphatic carbocycles. The van der Waals surface area contributed by atoms with Crippen LogP contribution in [0.1, 0.15) is 36.5 Å². The zero-order valence-corrected chi connectivity index (χ0v) is 22.6. The first-order valence-electron chi connectivity index (χ1n) is 12.9. The van der Waals surface area contributed by atoms with Crippen molar-refractivity contribution in [3.63, 3.8) is 0 Å². The van der Waals surface area contributed by atoms with Gasteiger partial charge in [-0.05, 0) is 36.1 Å². The Morgan fingerprint density at radius 2 is 1.77 bits per heavy atom. The zero-order chi connectivity index (χ0) is 28.2. The Morgan fingerprint density at radius 1 is 1.05 bits per heavy atom. The van der Waals surface area contributed by atoms with E-state index in [0.717, 1.165) is 29.5 Å². The number of nitrogens with zero attached hydrogens (tertiary/aromatic N) is 2. The van der Waals surface area contributed by atoms with E-state index in [1.165, 1.54) is 25.3 Å². The number of benzene rings is 3. The van der Waals surface area contributed by atoms with Crippen LogP contribution in [0.15, 0.2) is 72.8 Å². The fraction of sp³-hybridized carbons (Fsp3) is 0.333. The van der Waals surface area contributed by atoms with E-state index in [1.54, 1.807) is 4.90 Å². The number of hydrogen-bond donors (Lipinski definition) is 1. The number of amides is 2. The van der Waals surface area contributed by atoms with Crippen LogP contribution in [0.4, 0.5) is 5.69 Å². The van der Waals surface area contributed by atoms with Gasteiger partial charge < -0.3 is 19.7 Å². The molecule has 9 heteroatoms. The van der Waals surface area contributed by atoms with Crippen LogP contribution in [0, 0.1) is 17.0 Å². The van der Waals surface area contributed by atoms with Crippen molar-refractivity contribution in [1.82, 2.24) is 10.2 Å². The normalized spacial score (nSPS) is 11.4. The van der Waals surface area contributed by atoms with Gasteiger partial charge in [0.1, 0.15) is 11.8 Å². The van der Waals surface area contributed by atoms with E-state index < -0.39 is 11.0 Å². The van der Waals surface area contributed by atoms with Gasteiger partial charge >= 0.3 is 5.69 Å². The van der Waals surface area contributed by atoms with Crippen LogP contribution in [0.5, 0.6) is 11.5 Å². The molecule has 0 aliphatic heterocycles. The second-order valence-corrected chi connectivity index (χ2v) is 9.18. The molecule has 9 nitrogen and oxygen atoms in total. The highest BCUT2D eigenvalue weighted by Crippen LogP contribution is 2.31. The van der Waals surface area contributed by atoms with Gasteiger partial charge in [-0.3, -0.25) is 19.7 Å². The molecule has 0 radical (unpaired) electrons. The average Bonchev–Trinajstić information content (AvgIpc) is 2.94. The van der Waals surface area contributed by atoms with Crippen LogP contribution in [-0.4, -0.2) is 47.9 Å². The van der Waals surface area contributed by atoms with Gasteiger partial charge in [-0.2, -0.15) is 0 Å². The molecule has 1 atom stereocenters. The van der Waals surface area contributed by atoms with E-state index in [4.69, 9.17) is 9.47 Å². The summed E-state index contributed by atoms with van der Waals surface area (Å²) in [5.74, 6) is -0.346. The van der Waals surface area contributed by atoms with Crippen molar-refractivity contribution in [2.75, 3.05) is 20.3 Å². The fourth-order valence-corrected chi connectivity index (χ4v) is 4.16. The third kappa shape index (κ3) is 8.29. The first-order valence-corrected chi connectivity index (χ1v) is 12.9. The molecule has 39 heavy (non-hydrogen) atoms. The summed E-state index contributed by atoms with van der Waals surface area (Å²) in [7, 11) is 1.33. The van der Waals surface area contributed by atoms with Crippen molar-refractivity contribution in [1.29, 1.82) is 0 Å². The van der Waals surface area contributed by atoms with Gasteiger partial charge in [-0.25, -0.2) is 0 Å². The number of ether oxygens (including phenoxy) is 2. The maximum absolute atomic E-state index is 13.7. The van der Waals surface area contributed by atoms with Crippen LogP contribution >= 0.6 is 0 Å². The number of nitro groups is 1. The van der Waals surface area contributed by atoms with Crippen molar-refractivity contribution in [2.24, 2.45) is 0 Å². The Labute approximate surface area is 228 Å². The monoisotopic (exact) mass is 533 g/mol. The van der Waals surface area contributed by atoms with E-state index in [9.17, 15) is 19.7 Å². The van der Waals surface area contributed by atoms with Crippen molar-refractivity contribution in [2.45, 2.75) is 45.7 Å². The Hall–Kier alpha value is -4.40. The second-order valence-electron chi connectivity index (χ2n) is 9.18. The van der Waals surface area contributed by atoms with Crippen LogP contribution in [0.3, 0.4) is 0 Å². The number of unbranched alkanes of at least 4 members (excludes halogenated alkanes) is 1. The van der Waals surface area contributed by atoms with Gasteiger partial charge in [0.05, 0.1) is 12.0 Å². The Morgan fingerprint density at radius 3 is 2.44 bits per heavy atom. The molecule has 0 fully saturated rings. The summed E-state index contributed by atoms with van der Waals surface area (Å²) in [6, 6.07) is 20.6. The number of nitro benzene ring substituents is 1. The summed E-state index contributed by atoms with van der Waals surface area (Å²) in [4.78, 5) is 39.4. The fourth-order valence-electron chi connectivity index (χ4n) is 4.16. The standard InChI is InChI=1S/C30H35N3O6/c1-4-5-17-31-30(35)27(18-23-12-7-6-8-13-23)32(20-24-14-10-9-11-22(24)2)29(34)21-39-25-15-16-26(33(36)37)28(19-25)38-3/h6-16,19,27H,4-5,17-18,20-21H2,1-3H3,(H,31,35)/t27-/m1/s1. The summed E-state index contributed by atoms with van der Waals surface area (Å²) >= 11 is 0. The van der Waals surface area contributed by atoms with Crippen LogP contribution in [0.2, 0.25) is 0 Å². The van der Waals surface area contributed by atoms with Crippen molar-refractivity contribution >= 4 is 17.5 Å². The van der Waals surface area contributed by atoms with Gasteiger partial charge in [0, 0.05) is 31.6 Å². The van der Waals surface area contributed by atoms with Gasteiger partial charge in [0.25, 0.3) is 5.91 Å². The van der Waals surface area contributed by atoms with Gasteiger partial charge in [0.2, 0.25) is 11.7 Å². The minimum atomic E-state index is -0.772. The lowest BCUT2D eigenvalue weighted by molar-refractivity contribution is -0.385. The molecule has 0 unspecified atom stereocenters. The molecule has 0 heterocycles. The maximum atomic E-state index is 13.7. The van der Waals surface area contributed by atoms with E-state index in [1.807, 2.05) is 68.4 Å². The number of carbonyl (C=O) groups excluding carboxylic acids is 2. The van der Waals surface area contributed by atoms with Crippen molar-refractivity contribution in [3.05, 3.63) is 99.6 Å².